The molecule has 0 aliphatic carbocycles. The number of fused-ring (bicyclic) bond motifs is 3. The largest absolute Gasteiger partial charge is 0.486 e. The first-order valence-corrected chi connectivity index (χ1v) is 7.26. The molecule has 2 aromatic heterocycles. The number of nitrogens with zero attached hydrogens (tertiary/aromatic N) is 3. The molecule has 5 nitrogen and oxygen atoms in total. The predicted octanol–water partition coefficient (Wildman–Crippen LogP) is 3.52. The summed E-state index contributed by atoms with van der Waals surface area (Å²) in [6, 6.07) is 17.4. The smallest absolute Gasteiger partial charge is 0.221 e. The third-order valence-corrected chi connectivity index (χ3v) is 3.64. The molecular weight excluding hydrogens is 296 g/mol. The first-order chi connectivity index (χ1) is 10.8. The lowest BCUT2D eigenvalue weighted by molar-refractivity contribution is 0.296. The van der Waals surface area contributed by atoms with Crippen molar-refractivity contribution in [3.63, 3.8) is 0 Å². The van der Waals surface area contributed by atoms with Crippen molar-refractivity contribution >= 4 is 28.8 Å². The van der Waals surface area contributed by atoms with Crippen LogP contribution in [-0.4, -0.2) is 19.6 Å². The van der Waals surface area contributed by atoms with Crippen LogP contribution in [0.1, 0.15) is 5.82 Å². The minimum atomic E-state index is 0.342. The van der Waals surface area contributed by atoms with E-state index in [1.807, 2.05) is 54.6 Å². The summed E-state index contributed by atoms with van der Waals surface area (Å²) < 4.78 is 7.87. The zero-order chi connectivity index (χ0) is 14.9. The van der Waals surface area contributed by atoms with Crippen LogP contribution < -0.4 is 4.74 Å². The van der Waals surface area contributed by atoms with Gasteiger partial charge in [0, 0.05) is 5.39 Å². The Labute approximate surface area is 131 Å². The molecule has 6 heteroatoms. The maximum atomic E-state index is 5.71. The number of H-pyrrole nitrogens is 1. The summed E-state index contributed by atoms with van der Waals surface area (Å²) in [5.41, 5.74) is 1.61. The molecule has 0 aliphatic heterocycles. The van der Waals surface area contributed by atoms with Gasteiger partial charge < -0.3 is 4.74 Å². The van der Waals surface area contributed by atoms with E-state index >= 15 is 0 Å². The van der Waals surface area contributed by atoms with E-state index in [0.717, 1.165) is 22.3 Å². The van der Waals surface area contributed by atoms with Gasteiger partial charge in [-0.15, -0.1) is 0 Å². The number of hydrogen-bond donors (Lipinski definition) is 1. The van der Waals surface area contributed by atoms with Gasteiger partial charge in [-0.2, -0.15) is 0 Å². The minimum absolute atomic E-state index is 0.342. The van der Waals surface area contributed by atoms with Gasteiger partial charge in [0.25, 0.3) is 0 Å². The molecule has 4 aromatic rings. The zero-order valence-corrected chi connectivity index (χ0v) is 12.4. The van der Waals surface area contributed by atoms with Gasteiger partial charge >= 0.3 is 0 Å². The summed E-state index contributed by atoms with van der Waals surface area (Å²) in [5.74, 6) is 1.50. The fraction of sp³-hybridized carbons (Fsp3) is 0.0625. The van der Waals surface area contributed by atoms with E-state index in [1.54, 1.807) is 4.52 Å². The van der Waals surface area contributed by atoms with Gasteiger partial charge in [-0.05, 0) is 36.5 Å². The zero-order valence-electron chi connectivity index (χ0n) is 11.6. The molecule has 22 heavy (non-hydrogen) atoms. The SMILES string of the molecule is S=c1nc2ccccc2c2nc(COc3ccccc3)[nH]n12. The molecule has 4 rings (SSSR count). The van der Waals surface area contributed by atoms with Crippen molar-refractivity contribution in [3.05, 3.63) is 65.2 Å². The number of rotatable bonds is 3. The van der Waals surface area contributed by atoms with Crippen molar-refractivity contribution < 1.29 is 4.74 Å². The predicted molar refractivity (Wildman–Crippen MR) is 86.5 cm³/mol. The molecule has 0 aliphatic rings. The van der Waals surface area contributed by atoms with Crippen LogP contribution in [0.15, 0.2) is 54.6 Å². The molecule has 0 saturated heterocycles. The highest BCUT2D eigenvalue weighted by atomic mass is 32.1. The number of para-hydroxylation sites is 2. The maximum Gasteiger partial charge on any atom is 0.221 e. The third kappa shape index (κ3) is 2.23. The van der Waals surface area contributed by atoms with Gasteiger partial charge in [0.1, 0.15) is 12.4 Å². The molecule has 1 N–H and O–H groups in total. The highest BCUT2D eigenvalue weighted by molar-refractivity contribution is 7.71. The lowest BCUT2D eigenvalue weighted by atomic mass is 10.2. The van der Waals surface area contributed by atoms with E-state index in [-0.39, 0.29) is 0 Å². The Kier molecular flexibility index (Phi) is 3.08. The summed E-state index contributed by atoms with van der Waals surface area (Å²) in [5, 5.41) is 4.10. The Balaban J connectivity index is 1.75. The van der Waals surface area contributed by atoms with Crippen molar-refractivity contribution in [2.45, 2.75) is 6.61 Å². The number of aromatic amines is 1. The Morgan fingerprint density at radius 2 is 1.77 bits per heavy atom. The molecule has 108 valence electrons. The molecule has 2 aromatic carbocycles. The van der Waals surface area contributed by atoms with Gasteiger partial charge in [0.2, 0.25) is 4.77 Å². The first-order valence-electron chi connectivity index (χ1n) is 6.85. The molecule has 0 spiro atoms. The maximum absolute atomic E-state index is 5.71. The van der Waals surface area contributed by atoms with Crippen molar-refractivity contribution in [1.29, 1.82) is 0 Å². The lowest BCUT2D eigenvalue weighted by Crippen LogP contribution is -1.98. The number of nitrogens with one attached hydrogen (secondary N) is 1. The van der Waals surface area contributed by atoms with Crippen LogP contribution in [0.5, 0.6) is 5.75 Å². The summed E-state index contributed by atoms with van der Waals surface area (Å²) >= 11 is 5.31. The molecular formula is C16H12N4OS. The normalized spacial score (nSPS) is 11.1. The summed E-state index contributed by atoms with van der Waals surface area (Å²) in [6.45, 7) is 0.342. The van der Waals surface area contributed by atoms with Crippen LogP contribution in [-0.2, 0) is 6.61 Å². The monoisotopic (exact) mass is 308 g/mol. The number of ether oxygens (including phenoxy) is 1. The molecule has 0 bridgehead atoms. The van der Waals surface area contributed by atoms with E-state index in [1.165, 1.54) is 0 Å². The second-order valence-corrected chi connectivity index (χ2v) is 5.21. The van der Waals surface area contributed by atoms with Crippen LogP contribution in [0.2, 0.25) is 0 Å². The molecule has 0 atom stereocenters. The Morgan fingerprint density at radius 1 is 1.00 bits per heavy atom. The van der Waals surface area contributed by atoms with Crippen molar-refractivity contribution in [2.75, 3.05) is 0 Å². The second kappa shape index (κ2) is 5.23. The average Bonchev–Trinajstić information content (AvgIpc) is 2.99. The molecule has 0 unspecified atom stereocenters. The van der Waals surface area contributed by atoms with Crippen LogP contribution in [0.25, 0.3) is 16.6 Å². The molecule has 0 fully saturated rings. The topological polar surface area (TPSA) is 55.2 Å². The minimum Gasteiger partial charge on any atom is -0.486 e. The lowest BCUT2D eigenvalue weighted by Gasteiger charge is -2.02. The van der Waals surface area contributed by atoms with Gasteiger partial charge in [0.05, 0.1) is 5.52 Å². The fourth-order valence-corrected chi connectivity index (χ4v) is 2.58. The van der Waals surface area contributed by atoms with E-state index in [0.29, 0.717) is 17.2 Å². The molecule has 2 heterocycles. The Morgan fingerprint density at radius 3 is 2.64 bits per heavy atom. The van der Waals surface area contributed by atoms with Gasteiger partial charge in [-0.1, -0.05) is 30.3 Å². The quantitative estimate of drug-likeness (QED) is 0.588. The van der Waals surface area contributed by atoms with Gasteiger partial charge in [-0.3, -0.25) is 5.10 Å². The van der Waals surface area contributed by atoms with Crippen molar-refractivity contribution in [2.24, 2.45) is 0 Å². The third-order valence-electron chi connectivity index (χ3n) is 3.36. The number of aromatic nitrogens is 4. The first kappa shape index (κ1) is 13.0. The van der Waals surface area contributed by atoms with E-state index < -0.39 is 0 Å². The van der Waals surface area contributed by atoms with Crippen molar-refractivity contribution in [3.8, 4) is 5.75 Å². The molecule has 0 amide bonds. The second-order valence-electron chi connectivity index (χ2n) is 4.84. The van der Waals surface area contributed by atoms with Gasteiger partial charge in [-0.25, -0.2) is 14.5 Å². The van der Waals surface area contributed by atoms with Gasteiger partial charge in [0.15, 0.2) is 11.5 Å². The molecule has 0 radical (unpaired) electrons. The van der Waals surface area contributed by atoms with E-state index in [9.17, 15) is 0 Å². The van der Waals surface area contributed by atoms with E-state index in [2.05, 4.69) is 15.1 Å². The van der Waals surface area contributed by atoms with Crippen LogP contribution >= 0.6 is 12.2 Å². The average molecular weight is 308 g/mol. The fourth-order valence-electron chi connectivity index (χ4n) is 2.35. The van der Waals surface area contributed by atoms with Crippen molar-refractivity contribution in [1.82, 2.24) is 19.6 Å². The Bertz CT molecular complexity index is 1010. The summed E-state index contributed by atoms with van der Waals surface area (Å²) in [7, 11) is 0. The number of hydrogen-bond acceptors (Lipinski definition) is 4. The van der Waals surface area contributed by atoms with Crippen LogP contribution in [0.4, 0.5) is 0 Å². The van der Waals surface area contributed by atoms with E-state index in [4.69, 9.17) is 17.0 Å². The summed E-state index contributed by atoms with van der Waals surface area (Å²) in [6.07, 6.45) is 0. The highest BCUT2D eigenvalue weighted by Crippen LogP contribution is 2.17. The Hall–Kier alpha value is -2.73. The highest BCUT2D eigenvalue weighted by Gasteiger charge is 2.08. The summed E-state index contributed by atoms with van der Waals surface area (Å²) in [4.78, 5) is 8.99. The van der Waals surface area contributed by atoms with Crippen LogP contribution in [0, 0.1) is 4.77 Å². The molecule has 0 saturated carbocycles. The van der Waals surface area contributed by atoms with Crippen LogP contribution in [0.3, 0.4) is 0 Å². The standard InChI is InChI=1S/C16H12N4OS/c22-16-17-13-9-5-4-8-12(13)15-18-14(19-20(15)16)10-21-11-6-2-1-3-7-11/h1-9H,10H2,(H,18,19). The number of benzene rings is 2.